The fraction of sp³-hybridized carbons (Fsp3) is 0.364. The van der Waals surface area contributed by atoms with E-state index < -0.39 is 11.2 Å². The molecule has 0 saturated heterocycles. The van der Waals surface area contributed by atoms with Gasteiger partial charge in [0.25, 0.3) is 0 Å². The summed E-state index contributed by atoms with van der Waals surface area (Å²) < 4.78 is 0. The summed E-state index contributed by atoms with van der Waals surface area (Å²) >= 11 is 0. The minimum Gasteiger partial charge on any atom is -0.381 e. The molecule has 0 bridgehead atoms. The van der Waals surface area contributed by atoms with E-state index in [2.05, 4.69) is 12.1 Å². The Bertz CT molecular complexity index is 766. The van der Waals surface area contributed by atoms with E-state index in [0.717, 1.165) is 35.1 Å². The van der Waals surface area contributed by atoms with Gasteiger partial charge in [-0.1, -0.05) is 62.4 Å². The Morgan fingerprint density at radius 2 is 1.08 bits per heavy atom. The monoisotopic (exact) mass is 320 g/mol. The zero-order valence-corrected chi connectivity index (χ0v) is 14.3. The first-order chi connectivity index (χ1) is 11.5. The summed E-state index contributed by atoms with van der Waals surface area (Å²) in [5.74, 6) is 0. The Hall–Kier alpha value is -1.90. The lowest BCUT2D eigenvalue weighted by Gasteiger charge is -2.32. The van der Waals surface area contributed by atoms with E-state index in [1.807, 2.05) is 50.2 Å². The maximum absolute atomic E-state index is 11.5. The number of hydrogen-bond acceptors (Lipinski definition) is 2. The molecule has 2 nitrogen and oxygen atoms in total. The van der Waals surface area contributed by atoms with Crippen molar-refractivity contribution in [1.82, 2.24) is 0 Å². The van der Waals surface area contributed by atoms with Gasteiger partial charge in [-0.25, -0.2) is 0 Å². The molecule has 0 heterocycles. The average molecular weight is 320 g/mol. The minimum absolute atomic E-state index is 0.624. The minimum atomic E-state index is -0.961. The van der Waals surface area contributed by atoms with Crippen LogP contribution in [0, 0.1) is 0 Å². The molecule has 0 unspecified atom stereocenters. The van der Waals surface area contributed by atoms with E-state index in [4.69, 9.17) is 0 Å². The Morgan fingerprint density at radius 1 is 0.708 bits per heavy atom. The number of rotatable bonds is 2. The molecular weight excluding hydrogens is 296 g/mol. The van der Waals surface area contributed by atoms with Crippen molar-refractivity contribution in [2.45, 2.75) is 50.7 Å². The van der Waals surface area contributed by atoms with E-state index in [-0.39, 0.29) is 0 Å². The van der Waals surface area contributed by atoms with Crippen LogP contribution in [0.5, 0.6) is 0 Å². The van der Waals surface area contributed by atoms with Crippen molar-refractivity contribution in [3.05, 3.63) is 81.9 Å². The summed E-state index contributed by atoms with van der Waals surface area (Å²) in [6, 6.07) is 16.3. The molecule has 0 aromatic heterocycles. The summed E-state index contributed by atoms with van der Waals surface area (Å²) in [5.41, 5.74) is 4.46. The summed E-state index contributed by atoms with van der Waals surface area (Å²) in [6.07, 6.45) is 2.70. The molecule has 2 N–H and O–H groups in total. The topological polar surface area (TPSA) is 40.5 Å². The van der Waals surface area contributed by atoms with E-state index in [1.54, 1.807) is 0 Å². The maximum atomic E-state index is 11.5. The molecule has 2 aliphatic carbocycles. The predicted octanol–water partition coefficient (Wildman–Crippen LogP) is 3.99. The number of benzene rings is 2. The normalized spacial score (nSPS) is 31.2. The van der Waals surface area contributed by atoms with E-state index >= 15 is 0 Å². The summed E-state index contributed by atoms with van der Waals surface area (Å²) in [6.45, 7) is 4.05. The van der Waals surface area contributed by atoms with Crippen molar-refractivity contribution >= 4 is 0 Å². The summed E-state index contributed by atoms with van der Waals surface area (Å²) in [5, 5.41) is 23.0. The number of fused-ring (bicyclic) bond motifs is 2. The first-order valence-electron chi connectivity index (χ1n) is 8.89. The summed E-state index contributed by atoms with van der Waals surface area (Å²) in [7, 11) is 0. The van der Waals surface area contributed by atoms with Crippen LogP contribution in [0.15, 0.2) is 59.7 Å². The lowest BCUT2D eigenvalue weighted by atomic mass is 9.80. The molecule has 124 valence electrons. The van der Waals surface area contributed by atoms with Crippen LogP contribution >= 0.6 is 0 Å². The summed E-state index contributed by atoms with van der Waals surface area (Å²) in [4.78, 5) is 0. The molecule has 0 amide bonds. The molecule has 2 atom stereocenters. The molecule has 24 heavy (non-hydrogen) atoms. The molecular formula is C22H24O2. The molecule has 0 fully saturated rings. The van der Waals surface area contributed by atoms with Crippen molar-refractivity contribution in [2.24, 2.45) is 0 Å². The van der Waals surface area contributed by atoms with Crippen LogP contribution in [0.4, 0.5) is 0 Å². The molecule has 4 rings (SSSR count). The average Bonchev–Trinajstić information content (AvgIpc) is 3.09. The first-order valence-corrected chi connectivity index (χ1v) is 8.89. The van der Waals surface area contributed by atoms with Gasteiger partial charge in [0.1, 0.15) is 11.2 Å². The molecule has 0 aliphatic heterocycles. The highest BCUT2D eigenvalue weighted by Gasteiger charge is 2.48. The predicted molar refractivity (Wildman–Crippen MR) is 95.7 cm³/mol. The lowest BCUT2D eigenvalue weighted by Crippen LogP contribution is -2.31. The standard InChI is InChI=1S/C22H24O2/c1-3-21(23)17-11-7-5-9-15(17)13-19(21)20-14-16-10-6-8-12-18(16)22(20,24)4-2/h5-12,23-24H,3-4,13-14H2,1-2H3/b20-19+/t21-,22-/m0/s1. The molecule has 2 heteroatoms. The van der Waals surface area contributed by atoms with Crippen LogP contribution in [0.1, 0.15) is 48.9 Å². The molecule has 0 saturated carbocycles. The van der Waals surface area contributed by atoms with Gasteiger partial charge in [-0.3, -0.25) is 0 Å². The van der Waals surface area contributed by atoms with Gasteiger partial charge in [-0.15, -0.1) is 0 Å². The van der Waals surface area contributed by atoms with Gasteiger partial charge in [0.05, 0.1) is 0 Å². The van der Waals surface area contributed by atoms with Crippen LogP contribution < -0.4 is 0 Å². The van der Waals surface area contributed by atoms with E-state index in [1.165, 1.54) is 11.1 Å². The van der Waals surface area contributed by atoms with Crippen LogP contribution in [0.3, 0.4) is 0 Å². The molecule has 2 aromatic carbocycles. The maximum Gasteiger partial charge on any atom is 0.111 e. The fourth-order valence-electron chi connectivity index (χ4n) is 4.67. The quantitative estimate of drug-likeness (QED) is 0.821. The largest absolute Gasteiger partial charge is 0.381 e. The van der Waals surface area contributed by atoms with Gasteiger partial charge in [0.2, 0.25) is 0 Å². The third-order valence-corrected chi connectivity index (χ3v) is 6.05. The zero-order valence-electron chi connectivity index (χ0n) is 14.3. The van der Waals surface area contributed by atoms with Gasteiger partial charge in [-0.2, -0.15) is 0 Å². The Kier molecular flexibility index (Phi) is 3.45. The van der Waals surface area contributed by atoms with Gasteiger partial charge in [0.15, 0.2) is 0 Å². The highest BCUT2D eigenvalue weighted by atomic mass is 16.3. The van der Waals surface area contributed by atoms with Gasteiger partial charge in [-0.05, 0) is 59.1 Å². The molecule has 0 radical (unpaired) electrons. The third-order valence-electron chi connectivity index (χ3n) is 6.05. The van der Waals surface area contributed by atoms with Crippen LogP contribution in [-0.2, 0) is 24.0 Å². The Balaban J connectivity index is 1.95. The van der Waals surface area contributed by atoms with E-state index in [0.29, 0.717) is 12.8 Å². The van der Waals surface area contributed by atoms with Gasteiger partial charge >= 0.3 is 0 Å². The second-order valence-electron chi connectivity index (χ2n) is 7.05. The van der Waals surface area contributed by atoms with E-state index in [9.17, 15) is 10.2 Å². The SMILES string of the molecule is CC[C@@]1(O)/C(=C2\Cc3ccccc3[C@@]2(O)CC)Cc2ccccc21. The van der Waals surface area contributed by atoms with Crippen LogP contribution in [0.2, 0.25) is 0 Å². The molecule has 0 spiro atoms. The fourth-order valence-corrected chi connectivity index (χ4v) is 4.67. The second-order valence-corrected chi connectivity index (χ2v) is 7.05. The van der Waals surface area contributed by atoms with Crippen molar-refractivity contribution in [3.8, 4) is 0 Å². The number of hydrogen-bond donors (Lipinski definition) is 2. The lowest BCUT2D eigenvalue weighted by molar-refractivity contribution is 0.0531. The first kappa shape index (κ1) is 15.6. The third kappa shape index (κ3) is 1.90. The Morgan fingerprint density at radius 3 is 1.46 bits per heavy atom. The van der Waals surface area contributed by atoms with Crippen molar-refractivity contribution < 1.29 is 10.2 Å². The second kappa shape index (κ2) is 5.30. The van der Waals surface area contributed by atoms with Crippen molar-refractivity contribution in [1.29, 1.82) is 0 Å². The smallest absolute Gasteiger partial charge is 0.111 e. The van der Waals surface area contributed by atoms with Crippen LogP contribution in [0.25, 0.3) is 0 Å². The highest BCUT2D eigenvalue weighted by molar-refractivity contribution is 5.57. The Labute approximate surface area is 143 Å². The van der Waals surface area contributed by atoms with Crippen LogP contribution in [-0.4, -0.2) is 10.2 Å². The number of aliphatic hydroxyl groups is 2. The van der Waals surface area contributed by atoms with Crippen molar-refractivity contribution in [2.75, 3.05) is 0 Å². The van der Waals surface area contributed by atoms with Gasteiger partial charge < -0.3 is 10.2 Å². The molecule has 2 aromatic rings. The zero-order chi connectivity index (χ0) is 16.9. The van der Waals surface area contributed by atoms with Crippen molar-refractivity contribution in [3.63, 3.8) is 0 Å². The van der Waals surface area contributed by atoms with Gasteiger partial charge in [0, 0.05) is 0 Å². The molecule has 2 aliphatic rings. The highest BCUT2D eigenvalue weighted by Crippen LogP contribution is 2.52.